The predicted octanol–water partition coefficient (Wildman–Crippen LogP) is 4.06. The molecular formula is C17H14O3. The van der Waals surface area contributed by atoms with E-state index in [1.807, 2.05) is 43.3 Å². The van der Waals surface area contributed by atoms with Gasteiger partial charge >= 0.3 is 0 Å². The van der Waals surface area contributed by atoms with Gasteiger partial charge in [-0.15, -0.1) is 0 Å². The molecule has 1 aromatic heterocycles. The van der Waals surface area contributed by atoms with E-state index in [0.717, 1.165) is 5.39 Å². The van der Waals surface area contributed by atoms with Crippen molar-refractivity contribution in [1.29, 1.82) is 0 Å². The van der Waals surface area contributed by atoms with E-state index in [1.165, 1.54) is 6.26 Å². The number of hydrogen-bond acceptors (Lipinski definition) is 3. The summed E-state index contributed by atoms with van der Waals surface area (Å²) in [6.07, 6.45) is 1.51. The number of para-hydroxylation sites is 2. The highest BCUT2D eigenvalue weighted by molar-refractivity contribution is 6.17. The van der Waals surface area contributed by atoms with Gasteiger partial charge in [0.15, 0.2) is 0 Å². The summed E-state index contributed by atoms with van der Waals surface area (Å²) in [7, 11) is 0. The summed E-state index contributed by atoms with van der Waals surface area (Å²) in [5.41, 5.74) is 1.83. The first-order chi connectivity index (χ1) is 9.81. The Balaban J connectivity index is 2.09. The molecule has 3 aromatic rings. The molecule has 0 radical (unpaired) electrons. The second-order valence-electron chi connectivity index (χ2n) is 4.40. The van der Waals surface area contributed by atoms with Gasteiger partial charge in [0.25, 0.3) is 0 Å². The van der Waals surface area contributed by atoms with E-state index in [2.05, 4.69) is 0 Å². The summed E-state index contributed by atoms with van der Waals surface area (Å²) >= 11 is 0. The molecule has 0 saturated heterocycles. The minimum absolute atomic E-state index is 0.0843. The maximum absolute atomic E-state index is 12.7. The lowest BCUT2D eigenvalue weighted by molar-refractivity contribution is 0.103. The van der Waals surface area contributed by atoms with Gasteiger partial charge in [-0.05, 0) is 25.1 Å². The van der Waals surface area contributed by atoms with Crippen LogP contribution in [0.4, 0.5) is 0 Å². The first-order valence-electron chi connectivity index (χ1n) is 6.54. The fourth-order valence-electron chi connectivity index (χ4n) is 2.23. The minimum Gasteiger partial charge on any atom is -0.493 e. The molecule has 0 saturated carbocycles. The number of benzene rings is 2. The molecule has 3 heteroatoms. The van der Waals surface area contributed by atoms with Crippen molar-refractivity contribution < 1.29 is 13.9 Å². The average Bonchev–Trinajstić information content (AvgIpc) is 2.91. The highest BCUT2D eigenvalue weighted by Crippen LogP contribution is 2.27. The minimum atomic E-state index is -0.0843. The van der Waals surface area contributed by atoms with E-state index in [1.54, 1.807) is 12.1 Å². The molecule has 0 aliphatic carbocycles. The van der Waals surface area contributed by atoms with Gasteiger partial charge in [-0.1, -0.05) is 30.3 Å². The maximum atomic E-state index is 12.7. The topological polar surface area (TPSA) is 39.4 Å². The third-order valence-corrected chi connectivity index (χ3v) is 3.16. The molecule has 0 aliphatic heterocycles. The Kier molecular flexibility index (Phi) is 3.25. The SMILES string of the molecule is CCOc1ccccc1C(=O)c1coc2ccccc12. The van der Waals surface area contributed by atoms with Gasteiger partial charge in [-0.25, -0.2) is 0 Å². The van der Waals surface area contributed by atoms with Crippen molar-refractivity contribution in [3.63, 3.8) is 0 Å². The zero-order valence-electron chi connectivity index (χ0n) is 11.1. The largest absolute Gasteiger partial charge is 0.493 e. The van der Waals surface area contributed by atoms with Crippen LogP contribution in [0.5, 0.6) is 5.75 Å². The molecule has 0 amide bonds. The van der Waals surface area contributed by atoms with Gasteiger partial charge in [0.05, 0.1) is 17.7 Å². The Morgan fingerprint density at radius 2 is 1.80 bits per heavy atom. The predicted molar refractivity (Wildman–Crippen MR) is 77.3 cm³/mol. The summed E-state index contributed by atoms with van der Waals surface area (Å²) in [6, 6.07) is 14.8. The highest BCUT2D eigenvalue weighted by atomic mass is 16.5. The fraction of sp³-hybridized carbons (Fsp3) is 0.118. The molecule has 100 valence electrons. The molecule has 3 nitrogen and oxygen atoms in total. The lowest BCUT2D eigenvalue weighted by Crippen LogP contribution is -2.04. The van der Waals surface area contributed by atoms with E-state index >= 15 is 0 Å². The third kappa shape index (κ3) is 2.07. The van der Waals surface area contributed by atoms with Crippen molar-refractivity contribution in [2.45, 2.75) is 6.92 Å². The van der Waals surface area contributed by atoms with Crippen LogP contribution in [-0.2, 0) is 0 Å². The van der Waals surface area contributed by atoms with Crippen LogP contribution in [0.25, 0.3) is 11.0 Å². The molecule has 2 aromatic carbocycles. The van der Waals surface area contributed by atoms with Gasteiger partial charge in [0.2, 0.25) is 5.78 Å². The van der Waals surface area contributed by atoms with Gasteiger partial charge in [-0.2, -0.15) is 0 Å². The fourth-order valence-corrected chi connectivity index (χ4v) is 2.23. The second kappa shape index (κ2) is 5.21. The molecule has 0 bridgehead atoms. The summed E-state index contributed by atoms with van der Waals surface area (Å²) in [5.74, 6) is 0.518. The van der Waals surface area contributed by atoms with Crippen LogP contribution in [0, 0.1) is 0 Å². The Morgan fingerprint density at radius 1 is 1.05 bits per heavy atom. The molecule has 3 rings (SSSR count). The molecule has 1 heterocycles. The quantitative estimate of drug-likeness (QED) is 0.668. The van der Waals surface area contributed by atoms with E-state index < -0.39 is 0 Å². The van der Waals surface area contributed by atoms with Gasteiger partial charge in [0, 0.05) is 5.39 Å². The summed E-state index contributed by atoms with van der Waals surface area (Å²) < 4.78 is 10.9. The highest BCUT2D eigenvalue weighted by Gasteiger charge is 2.18. The van der Waals surface area contributed by atoms with Crippen molar-refractivity contribution in [1.82, 2.24) is 0 Å². The third-order valence-electron chi connectivity index (χ3n) is 3.16. The van der Waals surface area contributed by atoms with Crippen LogP contribution >= 0.6 is 0 Å². The Labute approximate surface area is 116 Å². The van der Waals surface area contributed by atoms with Crippen LogP contribution in [0.1, 0.15) is 22.8 Å². The number of furan rings is 1. The van der Waals surface area contributed by atoms with Gasteiger partial charge in [-0.3, -0.25) is 4.79 Å². The molecule has 20 heavy (non-hydrogen) atoms. The lowest BCUT2D eigenvalue weighted by atomic mass is 10.0. The lowest BCUT2D eigenvalue weighted by Gasteiger charge is -2.08. The Hall–Kier alpha value is -2.55. The Morgan fingerprint density at radius 3 is 2.65 bits per heavy atom. The monoisotopic (exact) mass is 266 g/mol. The number of ketones is 1. The number of carbonyl (C=O) groups is 1. The summed E-state index contributed by atoms with van der Waals surface area (Å²) in [4.78, 5) is 12.7. The molecule has 0 aliphatic rings. The van der Waals surface area contributed by atoms with E-state index in [4.69, 9.17) is 9.15 Å². The first kappa shape index (κ1) is 12.5. The number of ether oxygens (including phenoxy) is 1. The zero-order chi connectivity index (χ0) is 13.9. The maximum Gasteiger partial charge on any atom is 0.200 e. The summed E-state index contributed by atoms with van der Waals surface area (Å²) in [6.45, 7) is 2.42. The number of rotatable bonds is 4. The Bertz CT molecular complexity index is 756. The van der Waals surface area contributed by atoms with Crippen LogP contribution in [0.2, 0.25) is 0 Å². The molecule has 0 atom stereocenters. The van der Waals surface area contributed by atoms with Crippen LogP contribution in [0.15, 0.2) is 59.2 Å². The summed E-state index contributed by atoms with van der Waals surface area (Å²) in [5, 5.41) is 0.823. The molecule has 0 N–H and O–H groups in total. The first-order valence-corrected chi connectivity index (χ1v) is 6.54. The standard InChI is InChI=1S/C17H14O3/c1-2-19-16-10-6-4-8-13(16)17(18)14-11-20-15-9-5-3-7-12(14)15/h3-11H,2H2,1H3. The van der Waals surface area contributed by atoms with E-state index in [-0.39, 0.29) is 5.78 Å². The van der Waals surface area contributed by atoms with Crippen LogP contribution in [0.3, 0.4) is 0 Å². The molecule has 0 spiro atoms. The average molecular weight is 266 g/mol. The zero-order valence-corrected chi connectivity index (χ0v) is 11.1. The van der Waals surface area contributed by atoms with Crippen molar-refractivity contribution in [2.24, 2.45) is 0 Å². The molecule has 0 fully saturated rings. The molecular weight excluding hydrogens is 252 g/mol. The van der Waals surface area contributed by atoms with Gasteiger partial charge in [0.1, 0.15) is 17.6 Å². The van der Waals surface area contributed by atoms with Gasteiger partial charge < -0.3 is 9.15 Å². The van der Waals surface area contributed by atoms with Crippen molar-refractivity contribution >= 4 is 16.8 Å². The normalized spacial score (nSPS) is 10.7. The van der Waals surface area contributed by atoms with Crippen molar-refractivity contribution in [3.8, 4) is 5.75 Å². The smallest absolute Gasteiger partial charge is 0.200 e. The van der Waals surface area contributed by atoms with E-state index in [9.17, 15) is 4.79 Å². The molecule has 0 unspecified atom stereocenters. The van der Waals surface area contributed by atoms with Crippen LogP contribution < -0.4 is 4.74 Å². The van der Waals surface area contributed by atoms with E-state index in [0.29, 0.717) is 29.1 Å². The van der Waals surface area contributed by atoms with Crippen molar-refractivity contribution in [3.05, 3.63) is 65.9 Å². The number of carbonyl (C=O) groups excluding carboxylic acids is 1. The number of fused-ring (bicyclic) bond motifs is 1. The second-order valence-corrected chi connectivity index (χ2v) is 4.40. The number of hydrogen-bond donors (Lipinski definition) is 0. The van der Waals surface area contributed by atoms with Crippen LogP contribution in [-0.4, -0.2) is 12.4 Å². The van der Waals surface area contributed by atoms with Crippen molar-refractivity contribution in [2.75, 3.05) is 6.61 Å².